The molecule has 0 aliphatic heterocycles. The van der Waals surface area contributed by atoms with E-state index in [9.17, 15) is 19.7 Å². The molecule has 7 heteroatoms. The van der Waals surface area contributed by atoms with E-state index in [1.807, 2.05) is 0 Å². The van der Waals surface area contributed by atoms with Crippen LogP contribution in [0.4, 0.5) is 5.69 Å². The lowest BCUT2D eigenvalue weighted by atomic mass is 10.2. The third kappa shape index (κ3) is 3.51. The lowest BCUT2D eigenvalue weighted by Crippen LogP contribution is -2.09. The van der Waals surface area contributed by atoms with Gasteiger partial charge in [0.15, 0.2) is 0 Å². The van der Waals surface area contributed by atoms with Crippen LogP contribution in [-0.2, 0) is 0 Å². The van der Waals surface area contributed by atoms with Gasteiger partial charge in [0, 0.05) is 16.1 Å². The zero-order valence-corrected chi connectivity index (χ0v) is 12.1. The van der Waals surface area contributed by atoms with Gasteiger partial charge in [0.1, 0.15) is 6.29 Å². The molecule has 0 aromatic heterocycles. The lowest BCUT2D eigenvalue weighted by molar-refractivity contribution is -0.385. The maximum Gasteiger partial charge on any atom is 0.343 e. The number of aldehydes is 1. The van der Waals surface area contributed by atoms with E-state index in [4.69, 9.17) is 4.74 Å². The number of nitro groups is 1. The van der Waals surface area contributed by atoms with Gasteiger partial charge in [0.2, 0.25) is 5.75 Å². The SMILES string of the molecule is O=Cc1ccc(OC(=O)c2ccc(Br)cc2)c([N+](=O)[O-])c1. The number of hydrogen-bond acceptors (Lipinski definition) is 5. The molecule has 2 aromatic rings. The van der Waals surface area contributed by atoms with E-state index in [0.29, 0.717) is 6.29 Å². The van der Waals surface area contributed by atoms with Gasteiger partial charge in [0.05, 0.1) is 10.5 Å². The molecule has 0 spiro atoms. The Morgan fingerprint density at radius 3 is 2.43 bits per heavy atom. The third-order valence-electron chi connectivity index (χ3n) is 2.60. The summed E-state index contributed by atoms with van der Waals surface area (Å²) in [6.45, 7) is 0. The monoisotopic (exact) mass is 349 g/mol. The molecule has 106 valence electrons. The van der Waals surface area contributed by atoms with Crippen molar-refractivity contribution in [1.29, 1.82) is 0 Å². The van der Waals surface area contributed by atoms with Crippen molar-refractivity contribution in [2.75, 3.05) is 0 Å². The minimum Gasteiger partial charge on any atom is -0.416 e. The van der Waals surface area contributed by atoms with Gasteiger partial charge in [-0.2, -0.15) is 0 Å². The van der Waals surface area contributed by atoms with E-state index in [1.165, 1.54) is 24.3 Å². The van der Waals surface area contributed by atoms with Crippen molar-refractivity contribution >= 4 is 33.9 Å². The molecule has 0 fully saturated rings. The number of nitro benzene ring substituents is 1. The normalized spacial score (nSPS) is 9.95. The first-order valence-electron chi connectivity index (χ1n) is 5.72. The van der Waals surface area contributed by atoms with Crippen LogP contribution in [0.5, 0.6) is 5.75 Å². The van der Waals surface area contributed by atoms with E-state index >= 15 is 0 Å². The highest BCUT2D eigenvalue weighted by Crippen LogP contribution is 2.28. The highest BCUT2D eigenvalue weighted by atomic mass is 79.9. The second-order valence-corrected chi connectivity index (χ2v) is 4.91. The Hall–Kier alpha value is -2.54. The van der Waals surface area contributed by atoms with E-state index in [1.54, 1.807) is 12.1 Å². The zero-order valence-electron chi connectivity index (χ0n) is 10.5. The largest absolute Gasteiger partial charge is 0.416 e. The van der Waals surface area contributed by atoms with E-state index in [-0.39, 0.29) is 16.9 Å². The fourth-order valence-corrected chi connectivity index (χ4v) is 1.85. The van der Waals surface area contributed by atoms with Gasteiger partial charge in [-0.3, -0.25) is 14.9 Å². The average molecular weight is 350 g/mol. The van der Waals surface area contributed by atoms with Crippen molar-refractivity contribution in [1.82, 2.24) is 0 Å². The molecule has 0 saturated heterocycles. The highest BCUT2D eigenvalue weighted by molar-refractivity contribution is 9.10. The maximum atomic E-state index is 11.9. The number of carbonyl (C=O) groups is 2. The second-order valence-electron chi connectivity index (χ2n) is 4.00. The first kappa shape index (κ1) is 14.9. The minimum atomic E-state index is -0.718. The number of nitrogens with zero attached hydrogens (tertiary/aromatic N) is 1. The van der Waals surface area contributed by atoms with Crippen LogP contribution in [0.25, 0.3) is 0 Å². The molecule has 0 atom stereocenters. The molecule has 6 nitrogen and oxygen atoms in total. The van der Waals surface area contributed by atoms with Crippen LogP contribution >= 0.6 is 15.9 Å². The Morgan fingerprint density at radius 1 is 1.19 bits per heavy atom. The molecule has 0 radical (unpaired) electrons. The molecule has 2 aromatic carbocycles. The summed E-state index contributed by atoms with van der Waals surface area (Å²) in [6.07, 6.45) is 0.479. The predicted molar refractivity (Wildman–Crippen MR) is 77.6 cm³/mol. The molecule has 0 saturated carbocycles. The molecular weight excluding hydrogens is 342 g/mol. The Morgan fingerprint density at radius 2 is 1.86 bits per heavy atom. The number of carbonyl (C=O) groups excluding carboxylic acids is 2. The summed E-state index contributed by atoms with van der Waals surface area (Å²) in [6, 6.07) is 9.97. The molecular formula is C14H8BrNO5. The van der Waals surface area contributed by atoms with Crippen LogP contribution < -0.4 is 4.74 Å². The fourth-order valence-electron chi connectivity index (χ4n) is 1.58. The van der Waals surface area contributed by atoms with Crippen LogP contribution in [0.15, 0.2) is 46.9 Å². The Balaban J connectivity index is 2.30. The Bertz CT molecular complexity index is 712. The van der Waals surface area contributed by atoms with Gasteiger partial charge >= 0.3 is 11.7 Å². The maximum absolute atomic E-state index is 11.9. The number of halogens is 1. The summed E-state index contributed by atoms with van der Waals surface area (Å²) in [7, 11) is 0. The lowest BCUT2D eigenvalue weighted by Gasteiger charge is -2.05. The fraction of sp³-hybridized carbons (Fsp3) is 0. The van der Waals surface area contributed by atoms with Gasteiger partial charge in [-0.1, -0.05) is 15.9 Å². The summed E-state index contributed by atoms with van der Waals surface area (Å²) >= 11 is 3.23. The van der Waals surface area contributed by atoms with Crippen molar-refractivity contribution in [2.24, 2.45) is 0 Å². The van der Waals surface area contributed by atoms with Gasteiger partial charge in [-0.05, 0) is 36.4 Å². The van der Waals surface area contributed by atoms with Crippen molar-refractivity contribution in [3.63, 3.8) is 0 Å². The smallest absolute Gasteiger partial charge is 0.343 e. The van der Waals surface area contributed by atoms with E-state index in [0.717, 1.165) is 10.5 Å². The summed E-state index contributed by atoms with van der Waals surface area (Å²) in [5, 5.41) is 10.9. The van der Waals surface area contributed by atoms with Crippen LogP contribution in [0.3, 0.4) is 0 Å². The van der Waals surface area contributed by atoms with Gasteiger partial charge < -0.3 is 4.74 Å². The minimum absolute atomic E-state index is 0.130. The van der Waals surface area contributed by atoms with Crippen LogP contribution in [0, 0.1) is 10.1 Å². The van der Waals surface area contributed by atoms with Crippen molar-refractivity contribution in [3.8, 4) is 5.75 Å². The molecule has 0 unspecified atom stereocenters. The van der Waals surface area contributed by atoms with Crippen LogP contribution in [0.2, 0.25) is 0 Å². The quantitative estimate of drug-likeness (QED) is 0.277. The number of ether oxygens (including phenoxy) is 1. The third-order valence-corrected chi connectivity index (χ3v) is 3.13. The number of esters is 1. The number of hydrogen-bond donors (Lipinski definition) is 0. The van der Waals surface area contributed by atoms with Crippen molar-refractivity contribution in [2.45, 2.75) is 0 Å². The molecule has 0 N–H and O–H groups in total. The molecule has 0 amide bonds. The van der Waals surface area contributed by atoms with Crippen LogP contribution in [-0.4, -0.2) is 17.2 Å². The molecule has 2 rings (SSSR count). The molecule has 0 bridgehead atoms. The summed E-state index contributed by atoms with van der Waals surface area (Å²) in [5.74, 6) is -0.928. The average Bonchev–Trinajstić information content (AvgIpc) is 2.48. The summed E-state index contributed by atoms with van der Waals surface area (Å²) in [4.78, 5) is 32.8. The van der Waals surface area contributed by atoms with Gasteiger partial charge in [-0.25, -0.2) is 4.79 Å². The van der Waals surface area contributed by atoms with Crippen LogP contribution in [0.1, 0.15) is 20.7 Å². The standard InChI is InChI=1S/C14H8BrNO5/c15-11-4-2-10(3-5-11)14(18)21-13-6-1-9(8-17)7-12(13)16(19)20/h1-8H. The van der Waals surface area contributed by atoms with Gasteiger partial charge in [-0.15, -0.1) is 0 Å². The Labute approximate surface area is 127 Å². The van der Waals surface area contributed by atoms with Crippen molar-refractivity contribution < 1.29 is 19.2 Å². The summed E-state index contributed by atoms with van der Waals surface area (Å²) in [5.41, 5.74) is -0.0536. The molecule has 0 heterocycles. The zero-order chi connectivity index (χ0) is 15.4. The number of rotatable bonds is 4. The second kappa shape index (κ2) is 6.27. The topological polar surface area (TPSA) is 86.5 Å². The van der Waals surface area contributed by atoms with E-state index < -0.39 is 16.6 Å². The predicted octanol–water partition coefficient (Wildman–Crippen LogP) is 3.39. The van der Waals surface area contributed by atoms with E-state index in [2.05, 4.69) is 15.9 Å². The Kier molecular flexibility index (Phi) is 4.44. The first-order chi connectivity index (χ1) is 10.0. The van der Waals surface area contributed by atoms with Gasteiger partial charge in [0.25, 0.3) is 0 Å². The number of benzene rings is 2. The molecule has 0 aliphatic carbocycles. The highest BCUT2D eigenvalue weighted by Gasteiger charge is 2.19. The summed E-state index contributed by atoms with van der Waals surface area (Å²) < 4.78 is 5.81. The molecule has 21 heavy (non-hydrogen) atoms. The van der Waals surface area contributed by atoms with Crippen molar-refractivity contribution in [3.05, 3.63) is 68.2 Å². The first-order valence-corrected chi connectivity index (χ1v) is 6.52. The molecule has 0 aliphatic rings.